The van der Waals surface area contributed by atoms with Crippen LogP contribution in [0.5, 0.6) is 0 Å². The number of hydrazine groups is 1. The van der Waals surface area contributed by atoms with Gasteiger partial charge in [0.1, 0.15) is 12.6 Å². The number of nitrogens with one attached hydrogen (secondary N) is 2. The Kier molecular flexibility index (Phi) is 7.83. The number of rotatable bonds is 10. The lowest BCUT2D eigenvalue weighted by molar-refractivity contribution is -0.139. The first-order valence-electron chi connectivity index (χ1n) is 10.7. The number of aliphatic carboxylic acids is 1. The molecule has 0 saturated heterocycles. The van der Waals surface area contributed by atoms with E-state index in [1.54, 1.807) is 7.05 Å². The summed E-state index contributed by atoms with van der Waals surface area (Å²) in [5, 5.41) is 13.3. The minimum atomic E-state index is -1.10. The maximum absolute atomic E-state index is 12.3. The molecule has 2 aromatic rings. The highest BCUT2D eigenvalue weighted by molar-refractivity contribution is 5.81. The van der Waals surface area contributed by atoms with Gasteiger partial charge in [-0.25, -0.2) is 15.0 Å². The van der Waals surface area contributed by atoms with Crippen LogP contribution >= 0.6 is 0 Å². The van der Waals surface area contributed by atoms with Crippen LogP contribution in [0.2, 0.25) is 0 Å². The first kappa shape index (κ1) is 23.3. The van der Waals surface area contributed by atoms with Crippen molar-refractivity contribution >= 4 is 18.0 Å². The van der Waals surface area contributed by atoms with Crippen molar-refractivity contribution in [3.8, 4) is 11.1 Å². The molecule has 2 amide bonds. The number of hydrogen-bond donors (Lipinski definition) is 3. The first-order chi connectivity index (χ1) is 15.4. The van der Waals surface area contributed by atoms with E-state index in [2.05, 4.69) is 22.9 Å². The van der Waals surface area contributed by atoms with Gasteiger partial charge in [-0.05, 0) is 41.5 Å². The van der Waals surface area contributed by atoms with E-state index >= 15 is 0 Å². The number of nitrogens with zero attached hydrogens (tertiary/aromatic N) is 1. The van der Waals surface area contributed by atoms with E-state index in [1.807, 2.05) is 36.4 Å². The number of ether oxygens (including phenoxy) is 1. The standard InChI is InChI=1S/C24H29N3O5/c1-16(28)27(2)25-14-8-7-13-22(23(29)30)26-24(31)32-15-21-19-11-5-3-9-17(19)18-10-4-6-12-20(18)21/h3-6,9-12,21-22,25H,7-8,13-15H2,1-2H3,(H,26,31)(H,29,30)/t22-/m0/s1. The number of carboxylic acid groups (broad SMARTS) is 1. The monoisotopic (exact) mass is 439 g/mol. The molecule has 0 saturated carbocycles. The summed E-state index contributed by atoms with van der Waals surface area (Å²) in [5.41, 5.74) is 7.37. The molecule has 2 aromatic carbocycles. The molecule has 8 nitrogen and oxygen atoms in total. The van der Waals surface area contributed by atoms with Gasteiger partial charge in [-0.2, -0.15) is 0 Å². The average Bonchev–Trinajstić information content (AvgIpc) is 3.10. The van der Waals surface area contributed by atoms with E-state index < -0.39 is 18.1 Å². The number of carbonyl (C=O) groups is 3. The van der Waals surface area contributed by atoms with Crippen molar-refractivity contribution in [3.05, 3.63) is 59.7 Å². The quantitative estimate of drug-likeness (QED) is 0.388. The van der Waals surface area contributed by atoms with E-state index in [1.165, 1.54) is 11.9 Å². The smallest absolute Gasteiger partial charge is 0.407 e. The highest BCUT2D eigenvalue weighted by Gasteiger charge is 2.29. The van der Waals surface area contributed by atoms with Gasteiger partial charge in [0.15, 0.2) is 0 Å². The van der Waals surface area contributed by atoms with Gasteiger partial charge in [0.05, 0.1) is 0 Å². The molecule has 0 heterocycles. The molecule has 3 rings (SSSR count). The molecule has 0 spiro atoms. The minimum absolute atomic E-state index is 0.0826. The van der Waals surface area contributed by atoms with Crippen LogP contribution in [0.25, 0.3) is 11.1 Å². The Bertz CT molecular complexity index is 932. The molecule has 0 fully saturated rings. The van der Waals surface area contributed by atoms with Crippen molar-refractivity contribution in [2.45, 2.75) is 38.1 Å². The molecular formula is C24H29N3O5. The lowest BCUT2D eigenvalue weighted by Crippen LogP contribution is -2.41. The molecule has 0 aromatic heterocycles. The molecule has 0 unspecified atom stereocenters. The predicted molar refractivity (Wildman–Crippen MR) is 120 cm³/mol. The summed E-state index contributed by atoms with van der Waals surface area (Å²) in [6, 6.07) is 15.0. The molecule has 0 aliphatic heterocycles. The fourth-order valence-electron chi connectivity index (χ4n) is 3.87. The van der Waals surface area contributed by atoms with Crippen molar-refractivity contribution in [1.82, 2.24) is 15.8 Å². The lowest BCUT2D eigenvalue weighted by Gasteiger charge is -2.18. The van der Waals surface area contributed by atoms with Crippen LogP contribution in [0.15, 0.2) is 48.5 Å². The minimum Gasteiger partial charge on any atom is -0.480 e. The third-order valence-corrected chi connectivity index (χ3v) is 5.67. The fourth-order valence-corrected chi connectivity index (χ4v) is 3.87. The zero-order chi connectivity index (χ0) is 23.1. The Labute approximate surface area is 187 Å². The number of fused-ring (bicyclic) bond motifs is 3. The molecular weight excluding hydrogens is 410 g/mol. The van der Waals surface area contributed by atoms with Gasteiger partial charge in [0, 0.05) is 26.4 Å². The van der Waals surface area contributed by atoms with Gasteiger partial charge in [-0.15, -0.1) is 0 Å². The molecule has 1 atom stereocenters. The van der Waals surface area contributed by atoms with Crippen LogP contribution in [0.3, 0.4) is 0 Å². The van der Waals surface area contributed by atoms with Gasteiger partial charge >= 0.3 is 12.1 Å². The molecule has 32 heavy (non-hydrogen) atoms. The summed E-state index contributed by atoms with van der Waals surface area (Å²) in [5.74, 6) is -1.29. The molecule has 170 valence electrons. The Morgan fingerprint density at radius 3 is 2.19 bits per heavy atom. The van der Waals surface area contributed by atoms with E-state index in [0.29, 0.717) is 19.4 Å². The van der Waals surface area contributed by atoms with Crippen molar-refractivity contribution < 1.29 is 24.2 Å². The molecule has 1 aliphatic carbocycles. The van der Waals surface area contributed by atoms with E-state index in [-0.39, 0.29) is 24.9 Å². The second-order valence-corrected chi connectivity index (χ2v) is 7.84. The highest BCUT2D eigenvalue weighted by Crippen LogP contribution is 2.44. The van der Waals surface area contributed by atoms with Crippen molar-refractivity contribution in [1.29, 1.82) is 0 Å². The zero-order valence-electron chi connectivity index (χ0n) is 18.3. The van der Waals surface area contributed by atoms with E-state index in [9.17, 15) is 19.5 Å². The van der Waals surface area contributed by atoms with Gasteiger partial charge < -0.3 is 15.2 Å². The topological polar surface area (TPSA) is 108 Å². The van der Waals surface area contributed by atoms with Gasteiger partial charge in [-0.1, -0.05) is 48.5 Å². The second kappa shape index (κ2) is 10.8. The molecule has 0 bridgehead atoms. The summed E-state index contributed by atoms with van der Waals surface area (Å²) in [4.78, 5) is 35.0. The Balaban J connectivity index is 1.50. The third-order valence-electron chi connectivity index (χ3n) is 5.67. The van der Waals surface area contributed by atoms with Crippen molar-refractivity contribution in [2.24, 2.45) is 0 Å². The zero-order valence-corrected chi connectivity index (χ0v) is 18.3. The number of carbonyl (C=O) groups excluding carboxylic acids is 2. The largest absolute Gasteiger partial charge is 0.480 e. The van der Waals surface area contributed by atoms with Crippen LogP contribution in [0.1, 0.15) is 43.2 Å². The number of alkyl carbamates (subject to hydrolysis) is 1. The predicted octanol–water partition coefficient (Wildman–Crippen LogP) is 3.13. The fraction of sp³-hybridized carbons (Fsp3) is 0.375. The maximum Gasteiger partial charge on any atom is 0.407 e. The molecule has 0 radical (unpaired) electrons. The summed E-state index contributed by atoms with van der Waals surface area (Å²) in [6.45, 7) is 2.12. The van der Waals surface area contributed by atoms with Gasteiger partial charge in [0.25, 0.3) is 0 Å². The number of amides is 2. The van der Waals surface area contributed by atoms with Crippen LogP contribution < -0.4 is 10.7 Å². The summed E-state index contributed by atoms with van der Waals surface area (Å²) in [7, 11) is 1.63. The van der Waals surface area contributed by atoms with Crippen molar-refractivity contribution in [2.75, 3.05) is 20.2 Å². The Morgan fingerprint density at radius 1 is 1.03 bits per heavy atom. The summed E-state index contributed by atoms with van der Waals surface area (Å²) >= 11 is 0. The average molecular weight is 440 g/mol. The number of benzene rings is 2. The van der Waals surface area contributed by atoms with Crippen LogP contribution in [-0.2, 0) is 14.3 Å². The Morgan fingerprint density at radius 2 is 1.62 bits per heavy atom. The first-order valence-corrected chi connectivity index (χ1v) is 10.7. The van der Waals surface area contributed by atoms with E-state index in [4.69, 9.17) is 4.74 Å². The van der Waals surface area contributed by atoms with Gasteiger partial charge in [-0.3, -0.25) is 9.80 Å². The number of unbranched alkanes of at least 4 members (excludes halogenated alkanes) is 1. The molecule has 3 N–H and O–H groups in total. The molecule has 1 aliphatic rings. The SMILES string of the molecule is CC(=O)N(C)NCCCC[C@H](NC(=O)OCC1c2ccccc2-c2ccccc21)C(=O)O. The van der Waals surface area contributed by atoms with E-state index in [0.717, 1.165) is 22.3 Å². The maximum atomic E-state index is 12.3. The second-order valence-electron chi connectivity index (χ2n) is 7.84. The Hall–Kier alpha value is -3.39. The third kappa shape index (κ3) is 5.64. The highest BCUT2D eigenvalue weighted by atomic mass is 16.5. The lowest BCUT2D eigenvalue weighted by atomic mass is 9.98. The van der Waals surface area contributed by atoms with Crippen LogP contribution in [0.4, 0.5) is 4.79 Å². The van der Waals surface area contributed by atoms with Crippen LogP contribution in [0, 0.1) is 0 Å². The molecule has 8 heteroatoms. The number of carboxylic acids is 1. The normalized spacial score (nSPS) is 13.1. The van der Waals surface area contributed by atoms with Gasteiger partial charge in [0.2, 0.25) is 5.91 Å². The van der Waals surface area contributed by atoms with Crippen LogP contribution in [-0.4, -0.2) is 54.3 Å². The van der Waals surface area contributed by atoms with Crippen molar-refractivity contribution in [3.63, 3.8) is 0 Å². The summed E-state index contributed by atoms with van der Waals surface area (Å²) in [6.07, 6.45) is 0.756. The summed E-state index contributed by atoms with van der Waals surface area (Å²) < 4.78 is 5.44. The number of hydrogen-bond acceptors (Lipinski definition) is 5.